The maximum atomic E-state index is 9.09. The SMILES string of the molecule is CNCOCOn1c(O)ccc1O. The van der Waals surface area contributed by atoms with Gasteiger partial charge >= 0.3 is 0 Å². The number of aromatic hydroxyl groups is 2. The molecule has 0 saturated heterocycles. The lowest BCUT2D eigenvalue weighted by Gasteiger charge is -2.08. The van der Waals surface area contributed by atoms with Gasteiger partial charge in [-0.05, 0) is 7.05 Å². The van der Waals surface area contributed by atoms with Gasteiger partial charge in [0.2, 0.25) is 18.6 Å². The van der Waals surface area contributed by atoms with E-state index in [1.165, 1.54) is 12.1 Å². The summed E-state index contributed by atoms with van der Waals surface area (Å²) in [6.45, 7) is 0.277. The number of nitrogens with one attached hydrogen (secondary N) is 1. The van der Waals surface area contributed by atoms with Crippen LogP contribution < -0.4 is 10.2 Å². The molecular formula is C7H12N2O4. The monoisotopic (exact) mass is 188 g/mol. The molecule has 6 nitrogen and oxygen atoms in total. The smallest absolute Gasteiger partial charge is 0.229 e. The first kappa shape index (κ1) is 9.69. The molecule has 1 aromatic rings. The minimum atomic E-state index is -0.175. The van der Waals surface area contributed by atoms with Crippen molar-refractivity contribution in [3.05, 3.63) is 12.1 Å². The van der Waals surface area contributed by atoms with E-state index in [9.17, 15) is 0 Å². The zero-order valence-electron chi connectivity index (χ0n) is 7.23. The lowest BCUT2D eigenvalue weighted by Crippen LogP contribution is -2.19. The third-order valence-corrected chi connectivity index (χ3v) is 1.31. The van der Waals surface area contributed by atoms with E-state index in [1.54, 1.807) is 7.05 Å². The fourth-order valence-corrected chi connectivity index (χ4v) is 0.768. The van der Waals surface area contributed by atoms with Gasteiger partial charge < -0.3 is 19.8 Å². The molecular weight excluding hydrogens is 176 g/mol. The maximum Gasteiger partial charge on any atom is 0.229 e. The van der Waals surface area contributed by atoms with Crippen molar-refractivity contribution in [3.63, 3.8) is 0 Å². The Bertz CT molecular complexity index is 241. The van der Waals surface area contributed by atoms with E-state index in [2.05, 4.69) is 5.32 Å². The predicted octanol–water partition coefficient (Wildman–Crippen LogP) is -0.521. The summed E-state index contributed by atoms with van der Waals surface area (Å²) in [6, 6.07) is 2.63. The highest BCUT2D eigenvalue weighted by atomic mass is 16.8. The van der Waals surface area contributed by atoms with Crippen LogP contribution in [0.2, 0.25) is 0 Å². The molecule has 3 N–H and O–H groups in total. The first-order valence-electron chi connectivity index (χ1n) is 3.71. The maximum absolute atomic E-state index is 9.09. The van der Waals surface area contributed by atoms with Crippen molar-refractivity contribution in [1.82, 2.24) is 10.0 Å². The van der Waals surface area contributed by atoms with Gasteiger partial charge in [0.1, 0.15) is 6.73 Å². The number of ether oxygens (including phenoxy) is 1. The average molecular weight is 188 g/mol. The van der Waals surface area contributed by atoms with Crippen LogP contribution in [0.25, 0.3) is 0 Å². The fraction of sp³-hybridized carbons (Fsp3) is 0.429. The number of nitrogens with zero attached hydrogens (tertiary/aromatic N) is 1. The molecule has 0 atom stereocenters. The van der Waals surface area contributed by atoms with Crippen LogP contribution in [0.1, 0.15) is 0 Å². The summed E-state index contributed by atoms with van der Waals surface area (Å²) >= 11 is 0. The van der Waals surface area contributed by atoms with Crippen LogP contribution in [0, 0.1) is 0 Å². The highest BCUT2D eigenvalue weighted by Gasteiger charge is 2.05. The molecule has 0 aliphatic heterocycles. The second-order valence-corrected chi connectivity index (χ2v) is 2.29. The van der Waals surface area contributed by atoms with Crippen LogP contribution in [0.5, 0.6) is 11.8 Å². The van der Waals surface area contributed by atoms with Gasteiger partial charge in [-0.3, -0.25) is 5.32 Å². The van der Waals surface area contributed by atoms with E-state index in [1.807, 2.05) is 0 Å². The van der Waals surface area contributed by atoms with E-state index < -0.39 is 0 Å². The molecule has 0 bridgehead atoms. The van der Waals surface area contributed by atoms with E-state index in [0.29, 0.717) is 6.73 Å². The Morgan fingerprint density at radius 3 is 2.54 bits per heavy atom. The number of hydrogen-bond donors (Lipinski definition) is 3. The summed E-state index contributed by atoms with van der Waals surface area (Å²) < 4.78 is 5.76. The van der Waals surface area contributed by atoms with Crippen LogP contribution in [0.4, 0.5) is 0 Å². The second kappa shape index (κ2) is 4.58. The molecule has 1 aromatic heterocycles. The Morgan fingerprint density at radius 1 is 1.38 bits per heavy atom. The molecule has 0 fully saturated rings. The summed E-state index contributed by atoms with van der Waals surface area (Å²) in [6.07, 6.45) is 0. The van der Waals surface area contributed by atoms with Crippen molar-refractivity contribution in [2.24, 2.45) is 0 Å². The Balaban J connectivity index is 2.36. The second-order valence-electron chi connectivity index (χ2n) is 2.29. The molecule has 0 aliphatic rings. The molecule has 1 heterocycles. The van der Waals surface area contributed by atoms with Crippen molar-refractivity contribution >= 4 is 0 Å². The molecule has 74 valence electrons. The third-order valence-electron chi connectivity index (χ3n) is 1.31. The quantitative estimate of drug-likeness (QED) is 0.428. The van der Waals surface area contributed by atoms with Crippen LogP contribution >= 0.6 is 0 Å². The van der Waals surface area contributed by atoms with Crippen molar-refractivity contribution < 1.29 is 19.8 Å². The van der Waals surface area contributed by atoms with Crippen molar-refractivity contribution in [1.29, 1.82) is 0 Å². The van der Waals surface area contributed by atoms with E-state index in [0.717, 1.165) is 4.73 Å². The average Bonchev–Trinajstić information content (AvgIpc) is 2.42. The zero-order chi connectivity index (χ0) is 9.68. The summed E-state index contributed by atoms with van der Waals surface area (Å²) in [5, 5.41) is 20.9. The lowest BCUT2D eigenvalue weighted by atomic mass is 10.6. The molecule has 13 heavy (non-hydrogen) atoms. The fourth-order valence-electron chi connectivity index (χ4n) is 0.768. The molecule has 1 rings (SSSR count). The van der Waals surface area contributed by atoms with Gasteiger partial charge in [0.05, 0.1) is 0 Å². The third kappa shape index (κ3) is 2.53. The summed E-state index contributed by atoms with van der Waals surface area (Å²) in [5.41, 5.74) is 0. The van der Waals surface area contributed by atoms with Crippen LogP contribution in [-0.2, 0) is 4.74 Å². The number of aromatic nitrogens is 1. The molecule has 0 radical (unpaired) electrons. The van der Waals surface area contributed by atoms with E-state index >= 15 is 0 Å². The van der Waals surface area contributed by atoms with Crippen molar-refractivity contribution in [3.8, 4) is 11.8 Å². The number of hydrogen-bond acceptors (Lipinski definition) is 5. The molecule has 0 amide bonds. The topological polar surface area (TPSA) is 75.9 Å². The van der Waals surface area contributed by atoms with Crippen LogP contribution in [0.15, 0.2) is 12.1 Å². The molecule has 0 aromatic carbocycles. The van der Waals surface area contributed by atoms with Crippen LogP contribution in [-0.4, -0.2) is 35.5 Å². The highest BCUT2D eigenvalue weighted by Crippen LogP contribution is 2.18. The standard InChI is InChI=1S/C7H12N2O4/c1-8-4-12-5-13-9-6(10)2-3-7(9)11/h2-3,8,10-11H,4-5H2,1H3. The summed E-state index contributed by atoms with van der Waals surface area (Å²) in [5.74, 6) is -0.351. The first-order chi connectivity index (χ1) is 6.25. The van der Waals surface area contributed by atoms with Crippen molar-refractivity contribution in [2.45, 2.75) is 0 Å². The largest absolute Gasteiger partial charge is 0.492 e. The zero-order valence-corrected chi connectivity index (χ0v) is 7.23. The van der Waals surface area contributed by atoms with E-state index in [4.69, 9.17) is 19.8 Å². The van der Waals surface area contributed by atoms with Gasteiger partial charge in [-0.2, -0.15) is 0 Å². The van der Waals surface area contributed by atoms with Gasteiger partial charge in [-0.15, -0.1) is 4.73 Å². The summed E-state index contributed by atoms with van der Waals surface area (Å²) in [7, 11) is 1.73. The Labute approximate surface area is 75.3 Å². The first-order valence-corrected chi connectivity index (χ1v) is 3.71. The van der Waals surface area contributed by atoms with Gasteiger partial charge in [0, 0.05) is 12.1 Å². The van der Waals surface area contributed by atoms with E-state index in [-0.39, 0.29) is 18.6 Å². The Hall–Kier alpha value is -1.40. The van der Waals surface area contributed by atoms with Gasteiger partial charge in [0.25, 0.3) is 0 Å². The minimum Gasteiger partial charge on any atom is -0.492 e. The van der Waals surface area contributed by atoms with Gasteiger partial charge in [-0.1, -0.05) is 0 Å². The van der Waals surface area contributed by atoms with Gasteiger partial charge in [0.15, 0.2) is 0 Å². The molecule has 0 unspecified atom stereocenters. The van der Waals surface area contributed by atoms with Crippen molar-refractivity contribution in [2.75, 3.05) is 20.6 Å². The number of rotatable bonds is 5. The summed E-state index contributed by atoms with van der Waals surface area (Å²) in [4.78, 5) is 4.86. The molecule has 6 heteroatoms. The molecule has 0 saturated carbocycles. The molecule has 0 aliphatic carbocycles. The van der Waals surface area contributed by atoms with Crippen LogP contribution in [0.3, 0.4) is 0 Å². The lowest BCUT2D eigenvalue weighted by molar-refractivity contribution is -0.0730. The molecule has 0 spiro atoms. The van der Waals surface area contributed by atoms with Gasteiger partial charge in [-0.25, -0.2) is 0 Å². The minimum absolute atomic E-state index is 0.0589. The predicted molar refractivity (Wildman–Crippen MR) is 44.2 cm³/mol. The Morgan fingerprint density at radius 2 is 2.00 bits per heavy atom. The Kier molecular flexibility index (Phi) is 3.41. The highest BCUT2D eigenvalue weighted by molar-refractivity contribution is 5.21. The normalized spacial score (nSPS) is 10.2.